The standard InChI is InChI=1S/C21H21N3O2S/c1-14-7-9-16(10-8-14)22-19(25)13-18-20(26)24(17-11-12-17)21(27-18)23-15-5-3-2-4-6-15/h2-10,17-18H,11-13H2,1H3,(H,22,25). The number of thioether (sulfide) groups is 1. The highest BCUT2D eigenvalue weighted by Gasteiger charge is 2.46. The molecule has 0 spiro atoms. The Morgan fingerprint density at radius 1 is 1.15 bits per heavy atom. The minimum Gasteiger partial charge on any atom is -0.326 e. The van der Waals surface area contributed by atoms with Gasteiger partial charge in [-0.15, -0.1) is 0 Å². The summed E-state index contributed by atoms with van der Waals surface area (Å²) < 4.78 is 0. The number of aryl methyl sites for hydroxylation is 1. The molecule has 0 bridgehead atoms. The number of carbonyl (C=O) groups excluding carboxylic acids is 2. The lowest BCUT2D eigenvalue weighted by Gasteiger charge is -2.15. The summed E-state index contributed by atoms with van der Waals surface area (Å²) in [7, 11) is 0. The van der Waals surface area contributed by atoms with Crippen molar-refractivity contribution in [2.45, 2.75) is 37.5 Å². The monoisotopic (exact) mass is 379 g/mol. The number of hydrogen-bond acceptors (Lipinski definition) is 4. The highest BCUT2D eigenvalue weighted by atomic mass is 32.2. The van der Waals surface area contributed by atoms with Gasteiger partial charge in [-0.25, -0.2) is 4.99 Å². The average Bonchev–Trinajstić information content (AvgIpc) is 3.44. The smallest absolute Gasteiger partial charge is 0.242 e. The summed E-state index contributed by atoms with van der Waals surface area (Å²) in [6.07, 6.45) is 2.15. The molecule has 1 saturated carbocycles. The number of hydrogen-bond donors (Lipinski definition) is 1. The lowest BCUT2D eigenvalue weighted by Crippen LogP contribution is -2.35. The molecule has 2 fully saturated rings. The number of rotatable bonds is 5. The zero-order valence-electron chi connectivity index (χ0n) is 15.1. The molecule has 1 aliphatic carbocycles. The Hall–Kier alpha value is -2.60. The van der Waals surface area contributed by atoms with Gasteiger partial charge in [0, 0.05) is 18.2 Å². The summed E-state index contributed by atoms with van der Waals surface area (Å²) in [5, 5.41) is 3.17. The Balaban J connectivity index is 1.47. The van der Waals surface area contributed by atoms with E-state index in [1.165, 1.54) is 11.8 Å². The molecule has 1 saturated heterocycles. The number of benzene rings is 2. The molecule has 1 aliphatic heterocycles. The molecule has 0 aromatic heterocycles. The molecule has 5 nitrogen and oxygen atoms in total. The molecular weight excluding hydrogens is 358 g/mol. The van der Waals surface area contributed by atoms with Crippen LogP contribution in [0, 0.1) is 6.92 Å². The van der Waals surface area contributed by atoms with E-state index in [9.17, 15) is 9.59 Å². The van der Waals surface area contributed by atoms with Crippen LogP contribution in [-0.4, -0.2) is 33.2 Å². The molecular formula is C21H21N3O2S. The molecule has 2 aromatic carbocycles. The zero-order chi connectivity index (χ0) is 18.8. The van der Waals surface area contributed by atoms with Crippen LogP contribution in [0.5, 0.6) is 0 Å². The van der Waals surface area contributed by atoms with Gasteiger partial charge in [-0.3, -0.25) is 14.5 Å². The molecule has 27 heavy (non-hydrogen) atoms. The van der Waals surface area contributed by atoms with Crippen LogP contribution in [0.4, 0.5) is 11.4 Å². The van der Waals surface area contributed by atoms with Gasteiger partial charge in [-0.2, -0.15) is 0 Å². The van der Waals surface area contributed by atoms with Crippen LogP contribution in [-0.2, 0) is 9.59 Å². The normalized spacial score (nSPS) is 20.9. The van der Waals surface area contributed by atoms with Gasteiger partial charge < -0.3 is 5.32 Å². The van der Waals surface area contributed by atoms with Gasteiger partial charge in [0.1, 0.15) is 5.25 Å². The van der Waals surface area contributed by atoms with Crippen molar-refractivity contribution in [3.63, 3.8) is 0 Å². The second-order valence-electron chi connectivity index (χ2n) is 6.89. The summed E-state index contributed by atoms with van der Waals surface area (Å²) in [4.78, 5) is 31.7. The number of nitrogens with one attached hydrogen (secondary N) is 1. The first-order chi connectivity index (χ1) is 13.1. The van der Waals surface area contributed by atoms with Crippen LogP contribution < -0.4 is 5.32 Å². The van der Waals surface area contributed by atoms with Crippen molar-refractivity contribution in [3.8, 4) is 0 Å². The fraction of sp³-hybridized carbons (Fsp3) is 0.286. The Morgan fingerprint density at radius 2 is 1.85 bits per heavy atom. The third kappa shape index (κ3) is 4.22. The van der Waals surface area contributed by atoms with E-state index in [4.69, 9.17) is 0 Å². The van der Waals surface area contributed by atoms with Gasteiger partial charge in [0.2, 0.25) is 11.8 Å². The van der Waals surface area contributed by atoms with Crippen molar-refractivity contribution in [2.24, 2.45) is 4.99 Å². The van der Waals surface area contributed by atoms with E-state index < -0.39 is 5.25 Å². The summed E-state index contributed by atoms with van der Waals surface area (Å²) in [5.41, 5.74) is 2.71. The molecule has 1 atom stereocenters. The second-order valence-corrected chi connectivity index (χ2v) is 8.06. The number of amidine groups is 1. The van der Waals surface area contributed by atoms with Gasteiger partial charge in [-0.05, 0) is 44.0 Å². The van der Waals surface area contributed by atoms with Crippen molar-refractivity contribution < 1.29 is 9.59 Å². The van der Waals surface area contributed by atoms with Gasteiger partial charge >= 0.3 is 0 Å². The van der Waals surface area contributed by atoms with Crippen molar-refractivity contribution in [2.75, 3.05) is 5.32 Å². The summed E-state index contributed by atoms with van der Waals surface area (Å²) >= 11 is 1.40. The molecule has 1 N–H and O–H groups in total. The predicted molar refractivity (Wildman–Crippen MR) is 109 cm³/mol. The van der Waals surface area contributed by atoms with E-state index in [-0.39, 0.29) is 24.3 Å². The van der Waals surface area contributed by atoms with Crippen LogP contribution >= 0.6 is 11.8 Å². The molecule has 2 aromatic rings. The number of carbonyl (C=O) groups is 2. The summed E-state index contributed by atoms with van der Waals surface area (Å²) in [5.74, 6) is -0.155. The number of aliphatic imine (C=N–C) groups is 1. The molecule has 1 heterocycles. The molecule has 2 amide bonds. The maximum absolute atomic E-state index is 12.9. The van der Waals surface area contributed by atoms with Gasteiger partial charge in [0.05, 0.1) is 5.69 Å². The third-order valence-electron chi connectivity index (χ3n) is 4.57. The number of anilines is 1. The van der Waals surface area contributed by atoms with Crippen LogP contribution in [0.3, 0.4) is 0 Å². The third-order valence-corrected chi connectivity index (χ3v) is 5.72. The Kier molecular flexibility index (Phi) is 4.99. The maximum Gasteiger partial charge on any atom is 0.242 e. The fourth-order valence-electron chi connectivity index (χ4n) is 2.99. The predicted octanol–water partition coefficient (Wildman–Crippen LogP) is 4.12. The highest BCUT2D eigenvalue weighted by Crippen LogP contribution is 2.39. The van der Waals surface area contributed by atoms with Gasteiger partial charge in [-0.1, -0.05) is 47.7 Å². The molecule has 0 radical (unpaired) electrons. The van der Waals surface area contributed by atoms with Crippen molar-refractivity contribution in [3.05, 3.63) is 60.2 Å². The lowest BCUT2D eigenvalue weighted by molar-refractivity contribution is -0.128. The first-order valence-corrected chi connectivity index (χ1v) is 9.98. The van der Waals surface area contributed by atoms with E-state index in [0.717, 1.165) is 29.8 Å². The number of para-hydroxylation sites is 1. The van der Waals surface area contributed by atoms with Gasteiger partial charge in [0.15, 0.2) is 5.17 Å². The molecule has 6 heteroatoms. The van der Waals surface area contributed by atoms with Crippen molar-refractivity contribution >= 4 is 40.1 Å². The van der Waals surface area contributed by atoms with E-state index in [1.54, 1.807) is 4.90 Å². The lowest BCUT2D eigenvalue weighted by atomic mass is 10.2. The maximum atomic E-state index is 12.9. The Labute approximate surface area is 162 Å². The minimum absolute atomic E-state index is 0.00348. The van der Waals surface area contributed by atoms with E-state index >= 15 is 0 Å². The Bertz CT molecular complexity index is 876. The quantitative estimate of drug-likeness (QED) is 0.850. The molecule has 138 valence electrons. The largest absolute Gasteiger partial charge is 0.326 e. The van der Waals surface area contributed by atoms with Crippen LogP contribution in [0.1, 0.15) is 24.8 Å². The van der Waals surface area contributed by atoms with Crippen LogP contribution in [0.2, 0.25) is 0 Å². The molecule has 1 unspecified atom stereocenters. The molecule has 2 aliphatic rings. The van der Waals surface area contributed by atoms with E-state index in [2.05, 4.69) is 10.3 Å². The first-order valence-electron chi connectivity index (χ1n) is 9.10. The van der Waals surface area contributed by atoms with Crippen LogP contribution in [0.15, 0.2) is 59.6 Å². The average molecular weight is 379 g/mol. The zero-order valence-corrected chi connectivity index (χ0v) is 15.9. The Morgan fingerprint density at radius 3 is 2.52 bits per heavy atom. The fourth-order valence-corrected chi connectivity index (χ4v) is 4.21. The van der Waals surface area contributed by atoms with Crippen molar-refractivity contribution in [1.29, 1.82) is 0 Å². The summed E-state index contributed by atoms with van der Waals surface area (Å²) in [6.45, 7) is 2.00. The van der Waals surface area contributed by atoms with Crippen LogP contribution in [0.25, 0.3) is 0 Å². The SMILES string of the molecule is Cc1ccc(NC(=O)CC2SC(=Nc3ccccc3)N(C3CC3)C2=O)cc1. The summed E-state index contributed by atoms with van der Waals surface area (Å²) in [6, 6.07) is 17.5. The number of amides is 2. The van der Waals surface area contributed by atoms with E-state index in [1.807, 2.05) is 61.5 Å². The second kappa shape index (κ2) is 7.56. The van der Waals surface area contributed by atoms with E-state index in [0.29, 0.717) is 5.17 Å². The molecule has 4 rings (SSSR count). The number of nitrogens with zero attached hydrogens (tertiary/aromatic N) is 2. The minimum atomic E-state index is -0.418. The van der Waals surface area contributed by atoms with Crippen molar-refractivity contribution in [1.82, 2.24) is 4.90 Å². The highest BCUT2D eigenvalue weighted by molar-refractivity contribution is 8.15. The van der Waals surface area contributed by atoms with Gasteiger partial charge in [0.25, 0.3) is 0 Å². The topological polar surface area (TPSA) is 61.8 Å². The first kappa shape index (κ1) is 17.8.